The Kier molecular flexibility index (Phi) is 6.99. The Morgan fingerprint density at radius 1 is 1.03 bits per heavy atom. The van der Waals surface area contributed by atoms with Crippen molar-refractivity contribution in [2.24, 2.45) is 0 Å². The molecule has 0 saturated carbocycles. The van der Waals surface area contributed by atoms with E-state index in [0.717, 1.165) is 4.31 Å². The van der Waals surface area contributed by atoms with Crippen molar-refractivity contribution in [2.75, 3.05) is 23.3 Å². The van der Waals surface area contributed by atoms with Crippen LogP contribution in [0, 0.1) is 0 Å². The van der Waals surface area contributed by atoms with Gasteiger partial charge in [0, 0.05) is 23.3 Å². The van der Waals surface area contributed by atoms with Crippen LogP contribution in [0.5, 0.6) is 5.75 Å². The molecule has 0 aliphatic rings. The topological polar surface area (TPSA) is 75.7 Å². The standard InChI is InChI=1S/C23H21ClN2O4S/c1-3-16-30-21-12-8-19(9-13-21)25-23(27)17-4-10-20(11-5-17)26(2)31(28,29)22-14-6-18(24)7-15-22/h3-15H,1,16H2,2H3,(H,25,27). The monoisotopic (exact) mass is 456 g/mol. The molecule has 8 heteroatoms. The lowest BCUT2D eigenvalue weighted by molar-refractivity contribution is 0.102. The second-order valence-corrected chi connectivity index (χ2v) is 8.96. The quantitative estimate of drug-likeness (QED) is 0.485. The van der Waals surface area contributed by atoms with Crippen LogP contribution in [0.15, 0.2) is 90.3 Å². The molecule has 0 radical (unpaired) electrons. The van der Waals surface area contributed by atoms with E-state index < -0.39 is 10.0 Å². The third kappa shape index (κ3) is 5.45. The van der Waals surface area contributed by atoms with Crippen LogP contribution in [0.3, 0.4) is 0 Å². The van der Waals surface area contributed by atoms with Gasteiger partial charge in [-0.25, -0.2) is 8.42 Å². The molecule has 0 saturated heterocycles. The number of halogens is 1. The first-order valence-corrected chi connectivity index (χ1v) is 11.1. The average molecular weight is 457 g/mol. The number of amides is 1. The molecule has 0 bridgehead atoms. The Morgan fingerprint density at radius 3 is 2.23 bits per heavy atom. The number of sulfonamides is 1. The lowest BCUT2D eigenvalue weighted by Gasteiger charge is -2.20. The Hall–Kier alpha value is -3.29. The minimum Gasteiger partial charge on any atom is -0.490 e. The van der Waals surface area contributed by atoms with Gasteiger partial charge in [-0.05, 0) is 72.8 Å². The summed E-state index contributed by atoms with van der Waals surface area (Å²) in [4.78, 5) is 12.6. The first-order chi connectivity index (χ1) is 14.8. The van der Waals surface area contributed by atoms with Crippen LogP contribution in [0.25, 0.3) is 0 Å². The fourth-order valence-corrected chi connectivity index (χ4v) is 4.04. The molecule has 3 aromatic carbocycles. The van der Waals surface area contributed by atoms with E-state index in [2.05, 4.69) is 11.9 Å². The lowest BCUT2D eigenvalue weighted by Crippen LogP contribution is -2.26. The van der Waals surface area contributed by atoms with E-state index in [1.165, 1.54) is 31.3 Å². The van der Waals surface area contributed by atoms with Crippen LogP contribution >= 0.6 is 11.6 Å². The van der Waals surface area contributed by atoms with E-state index in [4.69, 9.17) is 16.3 Å². The van der Waals surface area contributed by atoms with Gasteiger partial charge in [0.2, 0.25) is 0 Å². The molecule has 0 aliphatic heterocycles. The number of carbonyl (C=O) groups excluding carboxylic acids is 1. The molecule has 3 aromatic rings. The van der Waals surface area contributed by atoms with Gasteiger partial charge in [-0.15, -0.1) is 0 Å². The minimum absolute atomic E-state index is 0.127. The number of ether oxygens (including phenoxy) is 1. The van der Waals surface area contributed by atoms with Crippen molar-refractivity contribution in [1.82, 2.24) is 0 Å². The van der Waals surface area contributed by atoms with Crippen molar-refractivity contribution in [3.05, 3.63) is 96.0 Å². The van der Waals surface area contributed by atoms with Gasteiger partial charge in [-0.1, -0.05) is 24.3 Å². The van der Waals surface area contributed by atoms with Gasteiger partial charge < -0.3 is 10.1 Å². The molecule has 160 valence electrons. The summed E-state index contributed by atoms with van der Waals surface area (Å²) in [6.45, 7) is 3.99. The number of nitrogens with zero attached hydrogens (tertiary/aromatic N) is 1. The first kappa shape index (κ1) is 22.4. The normalized spacial score (nSPS) is 10.9. The van der Waals surface area contributed by atoms with Gasteiger partial charge >= 0.3 is 0 Å². The van der Waals surface area contributed by atoms with Gasteiger partial charge in [0.15, 0.2) is 0 Å². The summed E-state index contributed by atoms with van der Waals surface area (Å²) in [5, 5.41) is 3.25. The number of rotatable bonds is 8. The zero-order chi connectivity index (χ0) is 22.4. The van der Waals surface area contributed by atoms with Crippen LogP contribution in [-0.4, -0.2) is 28.0 Å². The van der Waals surface area contributed by atoms with Crippen molar-refractivity contribution < 1.29 is 17.9 Å². The molecule has 1 N–H and O–H groups in total. The van der Waals surface area contributed by atoms with Crippen LogP contribution in [0.2, 0.25) is 5.02 Å². The molecule has 0 heterocycles. The number of hydrogen-bond donors (Lipinski definition) is 1. The fourth-order valence-electron chi connectivity index (χ4n) is 2.72. The van der Waals surface area contributed by atoms with Crippen molar-refractivity contribution in [2.45, 2.75) is 4.90 Å². The van der Waals surface area contributed by atoms with Gasteiger partial charge in [0.1, 0.15) is 12.4 Å². The summed E-state index contributed by atoms with van der Waals surface area (Å²) in [7, 11) is -2.29. The van der Waals surface area contributed by atoms with E-state index in [9.17, 15) is 13.2 Å². The summed E-state index contributed by atoms with van der Waals surface area (Å²) in [6.07, 6.45) is 1.65. The Balaban J connectivity index is 1.69. The minimum atomic E-state index is -3.75. The number of anilines is 2. The highest BCUT2D eigenvalue weighted by molar-refractivity contribution is 7.92. The van der Waals surface area contributed by atoms with Crippen molar-refractivity contribution in [3.63, 3.8) is 0 Å². The molecule has 3 rings (SSSR count). The summed E-state index contributed by atoms with van der Waals surface area (Å²) >= 11 is 5.84. The SMILES string of the molecule is C=CCOc1ccc(NC(=O)c2ccc(N(C)S(=O)(=O)c3ccc(Cl)cc3)cc2)cc1. The maximum atomic E-state index is 12.8. The molecule has 31 heavy (non-hydrogen) atoms. The summed E-state index contributed by atoms with van der Waals surface area (Å²) in [6, 6.07) is 19.2. The Bertz CT molecular complexity index is 1160. The smallest absolute Gasteiger partial charge is 0.264 e. The van der Waals surface area contributed by atoms with E-state index in [0.29, 0.717) is 34.3 Å². The van der Waals surface area contributed by atoms with Crippen LogP contribution in [-0.2, 0) is 10.0 Å². The molecule has 1 amide bonds. The van der Waals surface area contributed by atoms with E-state index >= 15 is 0 Å². The van der Waals surface area contributed by atoms with Gasteiger partial charge in [0.05, 0.1) is 10.6 Å². The van der Waals surface area contributed by atoms with Gasteiger partial charge in [-0.2, -0.15) is 0 Å². The third-order valence-corrected chi connectivity index (χ3v) is 6.50. The molecule has 0 spiro atoms. The molecular weight excluding hydrogens is 436 g/mol. The van der Waals surface area contributed by atoms with E-state index in [1.807, 2.05) is 0 Å². The summed E-state index contributed by atoms with van der Waals surface area (Å²) in [5.74, 6) is 0.363. The highest BCUT2D eigenvalue weighted by Crippen LogP contribution is 2.24. The molecular formula is C23H21ClN2O4S. The molecule has 0 atom stereocenters. The van der Waals surface area contributed by atoms with Crippen molar-refractivity contribution >= 4 is 38.9 Å². The Morgan fingerprint density at radius 2 is 1.65 bits per heavy atom. The predicted molar refractivity (Wildman–Crippen MR) is 124 cm³/mol. The summed E-state index contributed by atoms with van der Waals surface area (Å²) in [5.41, 5.74) is 1.44. The van der Waals surface area contributed by atoms with E-state index in [1.54, 1.807) is 54.6 Å². The highest BCUT2D eigenvalue weighted by Gasteiger charge is 2.21. The van der Waals surface area contributed by atoms with Crippen molar-refractivity contribution in [1.29, 1.82) is 0 Å². The second-order valence-electron chi connectivity index (χ2n) is 6.55. The Labute approximate surface area is 186 Å². The number of carbonyl (C=O) groups is 1. The zero-order valence-electron chi connectivity index (χ0n) is 16.8. The molecule has 0 fully saturated rings. The molecule has 6 nitrogen and oxygen atoms in total. The summed E-state index contributed by atoms with van der Waals surface area (Å²) < 4.78 is 32.1. The maximum Gasteiger partial charge on any atom is 0.264 e. The molecule has 0 unspecified atom stereocenters. The van der Waals surface area contributed by atoms with E-state index in [-0.39, 0.29) is 10.8 Å². The van der Waals surface area contributed by atoms with Crippen molar-refractivity contribution in [3.8, 4) is 5.75 Å². The predicted octanol–water partition coefficient (Wildman–Crippen LogP) is 4.98. The average Bonchev–Trinajstić information content (AvgIpc) is 2.78. The maximum absolute atomic E-state index is 12.8. The van der Waals surface area contributed by atoms with Gasteiger partial charge in [0.25, 0.3) is 15.9 Å². The first-order valence-electron chi connectivity index (χ1n) is 9.31. The number of hydrogen-bond acceptors (Lipinski definition) is 4. The lowest BCUT2D eigenvalue weighted by atomic mass is 10.2. The second kappa shape index (κ2) is 9.68. The highest BCUT2D eigenvalue weighted by atomic mass is 35.5. The van der Waals surface area contributed by atoms with Crippen LogP contribution in [0.4, 0.5) is 11.4 Å². The fraction of sp³-hybridized carbons (Fsp3) is 0.0870. The number of nitrogens with one attached hydrogen (secondary N) is 1. The molecule has 0 aromatic heterocycles. The van der Waals surface area contributed by atoms with Crippen LogP contribution in [0.1, 0.15) is 10.4 Å². The largest absolute Gasteiger partial charge is 0.490 e. The zero-order valence-corrected chi connectivity index (χ0v) is 18.4. The van der Waals surface area contributed by atoms with Gasteiger partial charge in [-0.3, -0.25) is 9.10 Å². The third-order valence-electron chi connectivity index (χ3n) is 4.45. The molecule has 0 aliphatic carbocycles. The number of benzene rings is 3. The van der Waals surface area contributed by atoms with Crippen LogP contribution < -0.4 is 14.4 Å².